The molecule has 0 saturated heterocycles. The van der Waals surface area contributed by atoms with Crippen molar-refractivity contribution in [2.45, 2.75) is 0 Å². The third-order valence-corrected chi connectivity index (χ3v) is 2.02. The number of aromatic carboxylic acids is 1. The topological polar surface area (TPSA) is 37.3 Å². The van der Waals surface area contributed by atoms with Crippen LogP contribution in [0.25, 0.3) is 10.8 Å². The van der Waals surface area contributed by atoms with Gasteiger partial charge in [0.1, 0.15) is 0 Å². The number of hydrogen-bond acceptors (Lipinski definition) is 1. The van der Waals surface area contributed by atoms with Crippen LogP contribution in [0.3, 0.4) is 0 Å². The second-order valence-electron chi connectivity index (χ2n) is 2.83. The number of hydrogen-bond donors (Lipinski definition) is 1. The molecule has 0 bridgehead atoms. The fourth-order valence-electron chi connectivity index (χ4n) is 1.41. The molecule has 0 heterocycles. The minimum Gasteiger partial charge on any atom is -0.478 e. The molecule has 2 aromatic carbocycles. The van der Waals surface area contributed by atoms with E-state index < -0.39 is 5.97 Å². The van der Waals surface area contributed by atoms with Crippen molar-refractivity contribution in [2.75, 3.05) is 0 Å². The van der Waals surface area contributed by atoms with Gasteiger partial charge < -0.3 is 5.11 Å². The number of carboxylic acids is 1. The fraction of sp³-hybridized carbons (Fsp3) is 0. The predicted molar refractivity (Wildman–Crippen MR) is 56.7 cm³/mol. The van der Waals surface area contributed by atoms with E-state index in [1.165, 1.54) is 0 Å². The van der Waals surface area contributed by atoms with Crippen LogP contribution in [0.4, 0.5) is 0 Å². The van der Waals surface area contributed by atoms with Gasteiger partial charge in [-0.2, -0.15) is 0 Å². The second kappa shape index (κ2) is 4.32. The van der Waals surface area contributed by atoms with Crippen molar-refractivity contribution in [3.8, 4) is 0 Å². The first-order valence-electron chi connectivity index (χ1n) is 4.00. The molecule has 2 aromatic rings. The van der Waals surface area contributed by atoms with Crippen LogP contribution in [0.1, 0.15) is 10.4 Å². The van der Waals surface area contributed by atoms with E-state index in [0.29, 0.717) is 5.56 Å². The zero-order valence-corrected chi connectivity index (χ0v) is 7.90. The number of rotatable bonds is 1. The van der Waals surface area contributed by atoms with Gasteiger partial charge in [-0.15, -0.1) is 0 Å². The van der Waals surface area contributed by atoms with E-state index in [1.54, 1.807) is 12.1 Å². The minimum atomic E-state index is -0.878. The number of carbonyl (C=O) groups is 1. The quantitative estimate of drug-likeness (QED) is 0.681. The van der Waals surface area contributed by atoms with Crippen molar-refractivity contribution >= 4 is 35.6 Å². The van der Waals surface area contributed by atoms with Gasteiger partial charge in [0.25, 0.3) is 0 Å². The van der Waals surface area contributed by atoms with Crippen LogP contribution in [0.15, 0.2) is 42.5 Å². The van der Waals surface area contributed by atoms with Gasteiger partial charge >= 0.3 is 5.97 Å². The average molecular weight is 179 g/mol. The summed E-state index contributed by atoms with van der Waals surface area (Å²) in [6, 6.07) is 12.7. The number of carboxylic acid groups (broad SMARTS) is 1. The minimum absolute atomic E-state index is 0. The fourth-order valence-corrected chi connectivity index (χ4v) is 1.41. The molecule has 0 atom stereocenters. The Kier molecular flexibility index (Phi) is 3.35. The van der Waals surface area contributed by atoms with Gasteiger partial charge in [0.2, 0.25) is 0 Å². The van der Waals surface area contributed by atoms with Gasteiger partial charge in [0.15, 0.2) is 0 Å². The summed E-state index contributed by atoms with van der Waals surface area (Å²) in [7, 11) is 0. The van der Waals surface area contributed by atoms with Crippen molar-refractivity contribution in [1.29, 1.82) is 0 Å². The van der Waals surface area contributed by atoms with Gasteiger partial charge in [-0.1, -0.05) is 36.4 Å². The van der Waals surface area contributed by atoms with E-state index in [1.807, 2.05) is 30.3 Å². The van der Waals surface area contributed by atoms with Crippen LogP contribution in [-0.2, 0) is 0 Å². The van der Waals surface area contributed by atoms with Crippen LogP contribution in [-0.4, -0.2) is 29.9 Å². The van der Waals surface area contributed by atoms with Gasteiger partial charge in [-0.3, -0.25) is 0 Å². The summed E-state index contributed by atoms with van der Waals surface area (Å²) in [6.07, 6.45) is 0. The Labute approximate surface area is 93.7 Å². The summed E-state index contributed by atoms with van der Waals surface area (Å²) in [4.78, 5) is 10.8. The molecule has 0 aliphatic rings. The first kappa shape index (κ1) is 10.8. The average Bonchev–Trinajstić information content (AvgIpc) is 2.17. The first-order chi connectivity index (χ1) is 6.29. The monoisotopic (exact) mass is 179 g/mol. The van der Waals surface area contributed by atoms with Crippen LogP contribution in [0.5, 0.6) is 0 Å². The smallest absolute Gasteiger partial charge is 0.336 e. The summed E-state index contributed by atoms with van der Waals surface area (Å²) in [5.41, 5.74) is 0.359. The van der Waals surface area contributed by atoms with Crippen LogP contribution < -0.4 is 0 Å². The molecule has 1 N–H and O–H groups in total. The van der Waals surface area contributed by atoms with Gasteiger partial charge in [-0.25, -0.2) is 4.79 Å². The van der Waals surface area contributed by atoms with Crippen molar-refractivity contribution in [1.82, 2.24) is 0 Å². The molecule has 0 aromatic heterocycles. The molecule has 2 nitrogen and oxygen atoms in total. The standard InChI is InChI=1S/C11H8O2.Li/c12-11(13)10-7-3-5-8-4-1-2-6-9(8)10;/h1-7H,(H,12,13);. The molecule has 0 amide bonds. The van der Waals surface area contributed by atoms with Gasteiger partial charge in [0, 0.05) is 18.9 Å². The van der Waals surface area contributed by atoms with Crippen LogP contribution in [0, 0.1) is 0 Å². The normalized spacial score (nSPS) is 9.43. The predicted octanol–water partition coefficient (Wildman–Crippen LogP) is 2.16. The Morgan fingerprint density at radius 2 is 1.64 bits per heavy atom. The summed E-state index contributed by atoms with van der Waals surface area (Å²) < 4.78 is 0. The maximum absolute atomic E-state index is 10.8. The molecule has 2 rings (SSSR count). The Hall–Kier alpha value is -1.23. The van der Waals surface area contributed by atoms with Crippen molar-refractivity contribution < 1.29 is 9.90 Å². The first-order valence-corrected chi connectivity index (χ1v) is 4.00. The van der Waals surface area contributed by atoms with Crippen molar-refractivity contribution in [3.05, 3.63) is 48.0 Å². The van der Waals surface area contributed by atoms with E-state index in [9.17, 15) is 4.79 Å². The van der Waals surface area contributed by atoms with Gasteiger partial charge in [0.05, 0.1) is 5.56 Å². The van der Waals surface area contributed by atoms with Gasteiger partial charge in [-0.05, 0) is 16.8 Å². The summed E-state index contributed by atoms with van der Waals surface area (Å²) >= 11 is 0. The van der Waals surface area contributed by atoms with Crippen molar-refractivity contribution in [2.24, 2.45) is 0 Å². The van der Waals surface area contributed by atoms with Crippen LogP contribution >= 0.6 is 0 Å². The maximum Gasteiger partial charge on any atom is 0.336 e. The van der Waals surface area contributed by atoms with Crippen LogP contribution in [0.2, 0.25) is 0 Å². The molecule has 0 unspecified atom stereocenters. The largest absolute Gasteiger partial charge is 0.478 e. The molecule has 3 heteroatoms. The molecule has 0 fully saturated rings. The molecule has 0 spiro atoms. The number of benzene rings is 2. The second-order valence-corrected chi connectivity index (χ2v) is 2.83. The van der Waals surface area contributed by atoms with Crippen molar-refractivity contribution in [3.63, 3.8) is 0 Å². The maximum atomic E-state index is 10.8. The van der Waals surface area contributed by atoms with E-state index in [-0.39, 0.29) is 18.9 Å². The summed E-state index contributed by atoms with van der Waals surface area (Å²) in [6.45, 7) is 0. The third-order valence-electron chi connectivity index (χ3n) is 2.02. The zero-order valence-electron chi connectivity index (χ0n) is 7.90. The molecule has 0 aliphatic carbocycles. The molecule has 0 aliphatic heterocycles. The summed E-state index contributed by atoms with van der Waals surface area (Å²) in [5, 5.41) is 10.6. The van der Waals surface area contributed by atoms with E-state index >= 15 is 0 Å². The summed E-state index contributed by atoms with van der Waals surface area (Å²) in [5.74, 6) is -0.878. The Morgan fingerprint density at radius 1 is 1.00 bits per heavy atom. The molecular weight excluding hydrogens is 171 g/mol. The zero-order chi connectivity index (χ0) is 9.26. The molecule has 65 valence electrons. The molecule has 1 radical (unpaired) electrons. The SMILES string of the molecule is O=C(O)c1cccc2ccccc12.[Li]. The third kappa shape index (κ3) is 1.82. The van der Waals surface area contributed by atoms with E-state index in [0.717, 1.165) is 10.8 Å². The Bertz CT molecular complexity index is 460. The molecular formula is C11H8LiO2. The molecule has 14 heavy (non-hydrogen) atoms. The number of fused-ring (bicyclic) bond motifs is 1. The van der Waals surface area contributed by atoms with E-state index in [4.69, 9.17) is 5.11 Å². The Morgan fingerprint density at radius 3 is 2.36 bits per heavy atom. The molecule has 0 saturated carbocycles. The van der Waals surface area contributed by atoms with E-state index in [2.05, 4.69) is 0 Å². The Balaban J connectivity index is 0.000000980.